The van der Waals surface area contributed by atoms with Gasteiger partial charge in [0, 0.05) is 5.56 Å². The van der Waals surface area contributed by atoms with Gasteiger partial charge >= 0.3 is 6.18 Å². The number of carbonyl (C=O) groups is 1. The highest BCUT2D eigenvalue weighted by molar-refractivity contribution is 8.27. The molecule has 4 rings (SSSR count). The third-order valence-electron chi connectivity index (χ3n) is 4.83. The smallest absolute Gasteiger partial charge is 0.416 e. The Morgan fingerprint density at radius 3 is 2.53 bits per heavy atom. The molecule has 174 valence electrons. The van der Waals surface area contributed by atoms with Gasteiger partial charge in [-0.15, -0.1) is 0 Å². The summed E-state index contributed by atoms with van der Waals surface area (Å²) >= 11 is 12.3. The lowest BCUT2D eigenvalue weighted by Gasteiger charge is -2.16. The first-order valence-electron chi connectivity index (χ1n) is 9.74. The van der Waals surface area contributed by atoms with Crippen molar-refractivity contribution < 1.29 is 27.1 Å². The van der Waals surface area contributed by atoms with Crippen LogP contribution in [-0.4, -0.2) is 10.2 Å². The van der Waals surface area contributed by atoms with Gasteiger partial charge in [-0.3, -0.25) is 9.69 Å². The van der Waals surface area contributed by atoms with E-state index in [0.717, 1.165) is 28.8 Å². The van der Waals surface area contributed by atoms with Gasteiger partial charge in [0.2, 0.25) is 0 Å². The van der Waals surface area contributed by atoms with E-state index in [2.05, 4.69) is 0 Å². The number of nitrogens with zero attached hydrogens (tertiary/aromatic N) is 1. The number of ether oxygens (including phenoxy) is 1. The Kier molecular flexibility index (Phi) is 6.97. The van der Waals surface area contributed by atoms with Gasteiger partial charge < -0.3 is 4.74 Å². The Hall–Kier alpha value is -2.88. The average Bonchev–Trinajstić information content (AvgIpc) is 3.06. The number of thioether (sulfide) groups is 1. The first-order valence-corrected chi connectivity index (χ1v) is 11.3. The second-order valence-electron chi connectivity index (χ2n) is 7.13. The van der Waals surface area contributed by atoms with E-state index in [1.54, 1.807) is 36.4 Å². The van der Waals surface area contributed by atoms with E-state index in [9.17, 15) is 22.4 Å². The van der Waals surface area contributed by atoms with Crippen molar-refractivity contribution in [3.05, 3.63) is 99.2 Å². The van der Waals surface area contributed by atoms with Gasteiger partial charge in [0.15, 0.2) is 4.32 Å². The van der Waals surface area contributed by atoms with Crippen LogP contribution in [0.3, 0.4) is 0 Å². The second-order valence-corrected chi connectivity index (χ2v) is 9.21. The molecule has 1 aliphatic rings. The van der Waals surface area contributed by atoms with Crippen LogP contribution in [0.4, 0.5) is 23.2 Å². The van der Waals surface area contributed by atoms with Crippen LogP contribution in [0.25, 0.3) is 6.08 Å². The molecule has 0 aromatic heterocycles. The topological polar surface area (TPSA) is 29.5 Å². The Balaban J connectivity index is 1.54. The van der Waals surface area contributed by atoms with Crippen LogP contribution in [0.1, 0.15) is 16.7 Å². The van der Waals surface area contributed by atoms with Crippen molar-refractivity contribution in [2.45, 2.75) is 12.8 Å². The number of alkyl halides is 3. The molecule has 0 spiro atoms. The summed E-state index contributed by atoms with van der Waals surface area (Å²) in [6.45, 7) is -0.0907. The highest BCUT2D eigenvalue weighted by Crippen LogP contribution is 2.38. The summed E-state index contributed by atoms with van der Waals surface area (Å²) in [6.07, 6.45) is -2.98. The van der Waals surface area contributed by atoms with Gasteiger partial charge in [0.1, 0.15) is 18.2 Å². The fourth-order valence-electron chi connectivity index (χ4n) is 3.18. The third kappa shape index (κ3) is 5.27. The summed E-state index contributed by atoms with van der Waals surface area (Å²) in [4.78, 5) is 14.3. The Bertz CT molecular complexity index is 1290. The zero-order valence-corrected chi connectivity index (χ0v) is 19.5. The molecule has 0 bridgehead atoms. The van der Waals surface area contributed by atoms with Crippen LogP contribution in [0.15, 0.2) is 71.6 Å². The second kappa shape index (κ2) is 9.77. The number of carbonyl (C=O) groups excluding carboxylic acids is 1. The zero-order valence-electron chi connectivity index (χ0n) is 17.1. The van der Waals surface area contributed by atoms with E-state index in [-0.39, 0.29) is 32.1 Å². The molecule has 3 nitrogen and oxygen atoms in total. The summed E-state index contributed by atoms with van der Waals surface area (Å²) in [7, 11) is 0. The molecule has 0 saturated carbocycles. The summed E-state index contributed by atoms with van der Waals surface area (Å²) in [5, 5.41) is 0.245. The van der Waals surface area contributed by atoms with Crippen molar-refractivity contribution >= 4 is 57.6 Å². The van der Waals surface area contributed by atoms with Gasteiger partial charge in [-0.1, -0.05) is 59.8 Å². The molecule has 0 radical (unpaired) electrons. The molecule has 1 saturated heterocycles. The Labute approximate surface area is 207 Å². The molecule has 34 heavy (non-hydrogen) atoms. The number of benzene rings is 3. The van der Waals surface area contributed by atoms with Crippen LogP contribution < -0.4 is 9.64 Å². The maximum absolute atomic E-state index is 14.0. The molecular formula is C24H14ClF4NO2S2. The first kappa shape index (κ1) is 24.3. The van der Waals surface area contributed by atoms with Gasteiger partial charge in [-0.2, -0.15) is 13.2 Å². The maximum Gasteiger partial charge on any atom is 0.416 e. The number of anilines is 1. The van der Waals surface area contributed by atoms with E-state index in [1.165, 1.54) is 24.3 Å². The minimum Gasteiger partial charge on any atom is -0.489 e. The van der Waals surface area contributed by atoms with Crippen LogP contribution in [-0.2, 0) is 17.6 Å². The summed E-state index contributed by atoms with van der Waals surface area (Å²) in [5.41, 5.74) is -0.0133. The fraction of sp³-hybridized carbons (Fsp3) is 0.0833. The average molecular weight is 524 g/mol. The summed E-state index contributed by atoms with van der Waals surface area (Å²) in [6, 6.07) is 15.5. The highest BCUT2D eigenvalue weighted by Gasteiger charge is 2.36. The monoisotopic (exact) mass is 523 g/mol. The molecule has 1 aliphatic heterocycles. The van der Waals surface area contributed by atoms with E-state index in [0.29, 0.717) is 11.3 Å². The number of halogens is 5. The van der Waals surface area contributed by atoms with Crippen LogP contribution in [0, 0.1) is 5.82 Å². The lowest BCUT2D eigenvalue weighted by molar-refractivity contribution is -0.137. The van der Waals surface area contributed by atoms with Crippen molar-refractivity contribution in [2.24, 2.45) is 0 Å². The molecule has 1 heterocycles. The normalized spacial score (nSPS) is 15.3. The summed E-state index contributed by atoms with van der Waals surface area (Å²) < 4.78 is 59.0. The van der Waals surface area contributed by atoms with Crippen molar-refractivity contribution in [3.8, 4) is 5.75 Å². The van der Waals surface area contributed by atoms with Gasteiger partial charge in [0.25, 0.3) is 5.91 Å². The van der Waals surface area contributed by atoms with Gasteiger partial charge in [0.05, 0.1) is 21.2 Å². The fourth-order valence-corrected chi connectivity index (χ4v) is 4.70. The highest BCUT2D eigenvalue weighted by atomic mass is 35.5. The Morgan fingerprint density at radius 1 is 1.06 bits per heavy atom. The minimum absolute atomic E-state index is 0.0413. The molecule has 3 aromatic rings. The number of hydrogen-bond acceptors (Lipinski definition) is 4. The SMILES string of the molecule is O=C1/C(=C\c2cccc(OCc3c(F)cccc3Cl)c2)SC(=S)N1c1cccc(C(F)(F)F)c1. The number of hydrogen-bond donors (Lipinski definition) is 0. The number of thiocarbonyl (C=S) groups is 1. The maximum atomic E-state index is 14.0. The molecule has 3 aromatic carbocycles. The summed E-state index contributed by atoms with van der Waals surface area (Å²) in [5.74, 6) is -0.595. The van der Waals surface area contributed by atoms with Gasteiger partial charge in [-0.25, -0.2) is 4.39 Å². The lowest BCUT2D eigenvalue weighted by Crippen LogP contribution is -2.27. The van der Waals surface area contributed by atoms with E-state index in [1.807, 2.05) is 0 Å². The van der Waals surface area contributed by atoms with E-state index >= 15 is 0 Å². The molecule has 0 atom stereocenters. The molecular weight excluding hydrogens is 510 g/mol. The molecule has 0 unspecified atom stereocenters. The molecule has 1 amide bonds. The molecule has 0 N–H and O–H groups in total. The van der Waals surface area contributed by atoms with Crippen LogP contribution >= 0.6 is 35.6 Å². The van der Waals surface area contributed by atoms with Gasteiger partial charge in [-0.05, 0) is 54.1 Å². The standard InChI is InChI=1S/C24H14ClF4NO2S2/c25-19-8-3-9-20(26)18(19)13-32-17-7-1-4-14(10-17)11-21-22(31)30(23(33)34-21)16-6-2-5-15(12-16)24(27,28)29/h1-12H,13H2/b21-11+. The number of amides is 1. The van der Waals surface area contributed by atoms with Crippen molar-refractivity contribution in [1.82, 2.24) is 0 Å². The van der Waals surface area contributed by atoms with Crippen molar-refractivity contribution in [3.63, 3.8) is 0 Å². The van der Waals surface area contributed by atoms with E-state index < -0.39 is 23.5 Å². The molecule has 0 aliphatic carbocycles. The largest absolute Gasteiger partial charge is 0.489 e. The molecule has 1 fully saturated rings. The predicted octanol–water partition coefficient (Wildman–Crippen LogP) is 7.48. The Morgan fingerprint density at radius 2 is 1.79 bits per heavy atom. The third-order valence-corrected chi connectivity index (χ3v) is 6.48. The minimum atomic E-state index is -4.54. The zero-order chi connectivity index (χ0) is 24.5. The van der Waals surface area contributed by atoms with Crippen LogP contribution in [0.2, 0.25) is 5.02 Å². The van der Waals surface area contributed by atoms with Crippen molar-refractivity contribution in [2.75, 3.05) is 4.90 Å². The van der Waals surface area contributed by atoms with Crippen LogP contribution in [0.5, 0.6) is 5.75 Å². The molecule has 10 heteroatoms. The quantitative estimate of drug-likeness (QED) is 0.197. The first-order chi connectivity index (χ1) is 16.1. The predicted molar refractivity (Wildman–Crippen MR) is 129 cm³/mol. The lowest BCUT2D eigenvalue weighted by atomic mass is 10.1. The van der Waals surface area contributed by atoms with Crippen molar-refractivity contribution in [1.29, 1.82) is 0 Å². The number of rotatable bonds is 5. The van der Waals surface area contributed by atoms with E-state index in [4.69, 9.17) is 28.6 Å².